The highest BCUT2D eigenvalue weighted by Crippen LogP contribution is 2.19. The van der Waals surface area contributed by atoms with Gasteiger partial charge in [0, 0.05) is 14.2 Å². The predicted octanol–water partition coefficient (Wildman–Crippen LogP) is 3.23. The first kappa shape index (κ1) is 37.3. The zero-order chi connectivity index (χ0) is 32.5. The van der Waals surface area contributed by atoms with Crippen LogP contribution >= 0.6 is 0 Å². The molecule has 2 aromatic carbocycles. The Kier molecular flexibility index (Phi) is 17.2. The minimum Gasteiger partial charge on any atom is -0.388 e. The van der Waals surface area contributed by atoms with Crippen LogP contribution in [0, 0.1) is 11.8 Å². The van der Waals surface area contributed by atoms with Crippen LogP contribution in [0.15, 0.2) is 60.7 Å². The molecule has 0 aromatic heterocycles. The van der Waals surface area contributed by atoms with E-state index in [9.17, 15) is 19.8 Å². The van der Waals surface area contributed by atoms with Gasteiger partial charge in [0.1, 0.15) is 38.0 Å². The predicted molar refractivity (Wildman–Crippen MR) is 169 cm³/mol. The van der Waals surface area contributed by atoms with Crippen LogP contribution in [-0.4, -0.2) is 86.3 Å². The second kappa shape index (κ2) is 20.2. The molecule has 246 valence electrons. The van der Waals surface area contributed by atoms with Crippen LogP contribution < -0.4 is 10.6 Å². The zero-order valence-corrected chi connectivity index (χ0v) is 27.0. The van der Waals surface area contributed by atoms with Crippen molar-refractivity contribution in [2.45, 2.75) is 89.9 Å². The molecule has 0 spiro atoms. The molecular weight excluding hydrogens is 564 g/mol. The quantitative estimate of drug-likeness (QED) is 0.157. The number of hydrogen-bond donors (Lipinski definition) is 4. The molecule has 8 atom stereocenters. The lowest BCUT2D eigenvalue weighted by molar-refractivity contribution is -0.151. The number of ether oxygens (including phenoxy) is 4. The highest BCUT2D eigenvalue weighted by molar-refractivity contribution is 5.82. The molecule has 2 aromatic rings. The maximum Gasteiger partial charge on any atom is 0.249 e. The maximum absolute atomic E-state index is 13.5. The Morgan fingerprint density at radius 1 is 0.659 bits per heavy atom. The molecule has 10 nitrogen and oxygen atoms in total. The molecule has 4 N–H and O–H groups in total. The summed E-state index contributed by atoms with van der Waals surface area (Å²) in [5.74, 6) is -1.09. The van der Waals surface area contributed by atoms with Gasteiger partial charge in [0.2, 0.25) is 11.8 Å². The molecule has 2 amide bonds. The van der Waals surface area contributed by atoms with Crippen molar-refractivity contribution in [2.75, 3.05) is 27.8 Å². The number of amides is 2. The van der Waals surface area contributed by atoms with Crippen LogP contribution in [0.3, 0.4) is 0 Å². The van der Waals surface area contributed by atoms with Gasteiger partial charge < -0.3 is 39.8 Å². The second-order valence-corrected chi connectivity index (χ2v) is 11.3. The van der Waals surface area contributed by atoms with Crippen molar-refractivity contribution in [3.8, 4) is 0 Å². The van der Waals surface area contributed by atoms with E-state index in [1.165, 1.54) is 14.2 Å². The molecule has 0 aliphatic carbocycles. The average molecular weight is 617 g/mol. The van der Waals surface area contributed by atoms with Crippen LogP contribution in [0.2, 0.25) is 0 Å². The lowest BCUT2D eigenvalue weighted by Crippen LogP contribution is -2.59. The number of benzene rings is 2. The molecular formula is C34H52N2O8. The Bertz CT molecular complexity index is 988. The molecule has 0 heterocycles. The summed E-state index contributed by atoms with van der Waals surface area (Å²) in [4.78, 5) is 27.1. The van der Waals surface area contributed by atoms with Gasteiger partial charge in [-0.15, -0.1) is 0 Å². The lowest BCUT2D eigenvalue weighted by Gasteiger charge is -2.35. The van der Waals surface area contributed by atoms with E-state index in [2.05, 4.69) is 10.6 Å². The van der Waals surface area contributed by atoms with E-state index < -0.39 is 48.3 Å². The third kappa shape index (κ3) is 11.9. The van der Waals surface area contributed by atoms with Crippen molar-refractivity contribution < 1.29 is 38.7 Å². The standard InChI is InChI=1S/C34H52N2O8/c1-7-23(3)31(43-21-41-5)33(39)35-27(19-25-15-11-9-12-16-25)29(37)30(38)28(20-26-17-13-10-14-18-26)36-34(40)32(24(4)8-2)44-22-42-6/h9-18,23-24,27-32,37-38H,7-8,19-22H2,1-6H3,(H,35,39)(H,36,40)/t23?,24?,27-,28-,29-,30-,31?,32?/m0/s1. The van der Waals surface area contributed by atoms with E-state index in [-0.39, 0.29) is 38.3 Å². The summed E-state index contributed by atoms with van der Waals surface area (Å²) in [6, 6.07) is 17.0. The smallest absolute Gasteiger partial charge is 0.249 e. The Hall–Kier alpha value is -2.86. The first-order valence-corrected chi connectivity index (χ1v) is 15.4. The zero-order valence-electron chi connectivity index (χ0n) is 27.0. The summed E-state index contributed by atoms with van der Waals surface area (Å²) in [5, 5.41) is 29.3. The second-order valence-electron chi connectivity index (χ2n) is 11.3. The number of rotatable bonds is 21. The van der Waals surface area contributed by atoms with Crippen molar-refractivity contribution in [1.29, 1.82) is 0 Å². The SMILES string of the molecule is CCC(C)C(OCOC)C(=O)N[C@@H](Cc1ccccc1)[C@H](O)[C@@H](O)[C@H](Cc1ccccc1)NC(=O)C(OCOC)C(C)CC. The van der Waals surface area contributed by atoms with Crippen molar-refractivity contribution in [1.82, 2.24) is 10.6 Å². The molecule has 0 fully saturated rings. The van der Waals surface area contributed by atoms with Crippen LogP contribution in [-0.2, 0) is 41.4 Å². The Balaban J connectivity index is 2.41. The third-order valence-corrected chi connectivity index (χ3v) is 8.00. The number of carbonyl (C=O) groups is 2. The first-order chi connectivity index (χ1) is 21.2. The number of hydrogen-bond acceptors (Lipinski definition) is 8. The molecule has 10 heteroatoms. The lowest BCUT2D eigenvalue weighted by atomic mass is 9.90. The molecule has 0 aliphatic heterocycles. The average Bonchev–Trinajstić information content (AvgIpc) is 3.04. The number of methoxy groups -OCH3 is 2. The highest BCUT2D eigenvalue weighted by Gasteiger charge is 2.37. The fourth-order valence-corrected chi connectivity index (χ4v) is 4.96. The summed E-state index contributed by atoms with van der Waals surface area (Å²) in [7, 11) is 2.97. The van der Waals surface area contributed by atoms with Crippen molar-refractivity contribution in [3.63, 3.8) is 0 Å². The van der Waals surface area contributed by atoms with Crippen LogP contribution in [0.1, 0.15) is 51.7 Å². The van der Waals surface area contributed by atoms with Gasteiger partial charge in [-0.2, -0.15) is 0 Å². The van der Waals surface area contributed by atoms with E-state index in [1.54, 1.807) is 0 Å². The first-order valence-electron chi connectivity index (χ1n) is 15.4. The summed E-state index contributed by atoms with van der Waals surface area (Å²) in [6.45, 7) is 7.60. The third-order valence-electron chi connectivity index (χ3n) is 8.00. The van der Waals surface area contributed by atoms with Gasteiger partial charge in [-0.1, -0.05) is 101 Å². The van der Waals surface area contributed by atoms with Gasteiger partial charge >= 0.3 is 0 Å². The fraction of sp³-hybridized carbons (Fsp3) is 0.588. The normalized spacial score (nSPS) is 17.0. The largest absolute Gasteiger partial charge is 0.388 e. The highest BCUT2D eigenvalue weighted by atomic mass is 16.7. The Morgan fingerprint density at radius 3 is 1.30 bits per heavy atom. The molecule has 0 saturated carbocycles. The van der Waals surface area contributed by atoms with E-state index in [0.29, 0.717) is 12.8 Å². The molecule has 2 rings (SSSR count). The van der Waals surface area contributed by atoms with Crippen LogP contribution in [0.25, 0.3) is 0 Å². The van der Waals surface area contributed by atoms with Gasteiger partial charge in [0.05, 0.1) is 12.1 Å². The number of aliphatic hydroxyl groups excluding tert-OH is 2. The Labute approximate surface area is 262 Å². The Morgan fingerprint density at radius 2 is 1.00 bits per heavy atom. The van der Waals surface area contributed by atoms with Gasteiger partial charge in [-0.3, -0.25) is 9.59 Å². The minimum absolute atomic E-state index is 0.0649. The minimum atomic E-state index is -1.45. The van der Waals surface area contributed by atoms with Gasteiger partial charge in [-0.05, 0) is 35.8 Å². The van der Waals surface area contributed by atoms with E-state index in [4.69, 9.17) is 18.9 Å². The van der Waals surface area contributed by atoms with Crippen molar-refractivity contribution in [2.24, 2.45) is 11.8 Å². The summed E-state index contributed by atoms with van der Waals surface area (Å²) < 4.78 is 21.5. The van der Waals surface area contributed by atoms with Crippen LogP contribution in [0.4, 0.5) is 0 Å². The molecule has 44 heavy (non-hydrogen) atoms. The topological polar surface area (TPSA) is 136 Å². The van der Waals surface area contributed by atoms with Crippen molar-refractivity contribution >= 4 is 11.8 Å². The summed E-state index contributed by atoms with van der Waals surface area (Å²) in [5.41, 5.74) is 1.71. The van der Waals surface area contributed by atoms with Crippen molar-refractivity contribution in [3.05, 3.63) is 71.8 Å². The van der Waals surface area contributed by atoms with Gasteiger partial charge in [0.25, 0.3) is 0 Å². The van der Waals surface area contributed by atoms with Gasteiger partial charge in [-0.25, -0.2) is 0 Å². The molecule has 0 saturated heterocycles. The summed E-state index contributed by atoms with van der Waals surface area (Å²) >= 11 is 0. The number of aliphatic hydroxyl groups is 2. The number of nitrogens with one attached hydrogen (secondary N) is 2. The molecule has 0 radical (unpaired) electrons. The molecule has 4 unspecified atom stereocenters. The van der Waals surface area contributed by atoms with E-state index in [0.717, 1.165) is 11.1 Å². The van der Waals surface area contributed by atoms with E-state index >= 15 is 0 Å². The van der Waals surface area contributed by atoms with Gasteiger partial charge in [0.15, 0.2) is 0 Å². The monoisotopic (exact) mass is 616 g/mol. The molecule has 0 aliphatic rings. The maximum atomic E-state index is 13.5. The fourth-order valence-electron chi connectivity index (χ4n) is 4.96. The number of carbonyl (C=O) groups excluding carboxylic acids is 2. The molecule has 0 bridgehead atoms. The summed E-state index contributed by atoms with van der Waals surface area (Å²) in [6.07, 6.45) is -2.70. The van der Waals surface area contributed by atoms with Crippen LogP contribution in [0.5, 0.6) is 0 Å². The van der Waals surface area contributed by atoms with E-state index in [1.807, 2.05) is 88.4 Å².